The number of likely N-dealkylation sites (tertiary alicyclic amines) is 1. The minimum Gasteiger partial charge on any atom is -0.484 e. The van der Waals surface area contributed by atoms with Gasteiger partial charge in [-0.15, -0.1) is 0 Å². The second kappa shape index (κ2) is 10.6. The second-order valence-electron chi connectivity index (χ2n) is 8.27. The molecule has 2 N–H and O–H groups in total. The summed E-state index contributed by atoms with van der Waals surface area (Å²) in [5, 5.41) is 12.6. The highest BCUT2D eigenvalue weighted by molar-refractivity contribution is 5.84. The fraction of sp³-hybridized carbons (Fsp3) is 0.417. The third-order valence-electron chi connectivity index (χ3n) is 5.95. The van der Waals surface area contributed by atoms with Crippen molar-refractivity contribution in [2.24, 2.45) is 0 Å². The number of likely N-dealkylation sites (N-methyl/N-ethyl adjacent to an activating group) is 1. The lowest BCUT2D eigenvalue weighted by Gasteiger charge is -2.32. The number of nitrogens with one attached hydrogen (secondary N) is 1. The number of methoxy groups -OCH3 is 1. The first-order valence-electron chi connectivity index (χ1n) is 11.1. The number of nitrogens with zero attached hydrogens (tertiary/aromatic N) is 2. The zero-order valence-electron chi connectivity index (χ0n) is 19.2. The number of aliphatic hydroxyl groups excluding tert-OH is 1. The minimum absolute atomic E-state index is 0.157. The van der Waals surface area contributed by atoms with Gasteiger partial charge in [0.25, 0.3) is 5.91 Å². The van der Waals surface area contributed by atoms with Crippen molar-refractivity contribution in [1.29, 1.82) is 0 Å². The quantitative estimate of drug-likeness (QED) is 0.603. The highest BCUT2D eigenvalue weighted by Gasteiger charge is 2.28. The Morgan fingerprint density at radius 1 is 1.24 bits per heavy atom. The van der Waals surface area contributed by atoms with E-state index in [0.717, 1.165) is 12.1 Å². The van der Waals surface area contributed by atoms with E-state index in [2.05, 4.69) is 15.0 Å². The van der Waals surface area contributed by atoms with Crippen LogP contribution < -0.4 is 19.5 Å². The van der Waals surface area contributed by atoms with Crippen LogP contribution in [0.4, 0.5) is 10.5 Å². The van der Waals surface area contributed by atoms with Crippen LogP contribution in [0.2, 0.25) is 0 Å². The van der Waals surface area contributed by atoms with E-state index >= 15 is 0 Å². The normalized spacial score (nSPS) is 17.8. The number of anilines is 1. The smallest absolute Gasteiger partial charge is 0.411 e. The highest BCUT2D eigenvalue weighted by Crippen LogP contribution is 2.35. The van der Waals surface area contributed by atoms with Crippen LogP contribution in [0.1, 0.15) is 18.0 Å². The molecule has 2 aliphatic rings. The molecular formula is C24H29N3O7. The van der Waals surface area contributed by atoms with Gasteiger partial charge < -0.3 is 29.0 Å². The lowest BCUT2D eigenvalue weighted by molar-refractivity contribution is -0.134. The van der Waals surface area contributed by atoms with E-state index in [4.69, 9.17) is 14.2 Å². The Morgan fingerprint density at radius 2 is 2.06 bits per heavy atom. The monoisotopic (exact) mass is 471 g/mol. The predicted molar refractivity (Wildman–Crippen MR) is 123 cm³/mol. The van der Waals surface area contributed by atoms with Crippen LogP contribution in [0.25, 0.3) is 0 Å². The van der Waals surface area contributed by atoms with E-state index in [0.29, 0.717) is 42.4 Å². The predicted octanol–water partition coefficient (Wildman–Crippen LogP) is 2.24. The summed E-state index contributed by atoms with van der Waals surface area (Å²) in [5.74, 6) is 1.52. The van der Waals surface area contributed by atoms with Crippen molar-refractivity contribution in [1.82, 2.24) is 9.80 Å². The molecule has 2 heterocycles. The minimum atomic E-state index is -0.571. The van der Waals surface area contributed by atoms with Gasteiger partial charge in [-0.1, -0.05) is 12.1 Å². The molecule has 0 spiro atoms. The van der Waals surface area contributed by atoms with Gasteiger partial charge in [-0.25, -0.2) is 4.79 Å². The number of carbonyl (C=O) groups excluding carboxylic acids is 2. The number of ether oxygens (including phenoxy) is 4. The Hall–Kier alpha value is -3.50. The number of amides is 2. The van der Waals surface area contributed by atoms with E-state index in [1.165, 1.54) is 7.11 Å². The van der Waals surface area contributed by atoms with Crippen molar-refractivity contribution in [3.05, 3.63) is 48.0 Å². The number of rotatable bonds is 8. The van der Waals surface area contributed by atoms with Crippen LogP contribution in [-0.2, 0) is 9.53 Å². The molecule has 10 nitrogen and oxygen atoms in total. The van der Waals surface area contributed by atoms with Gasteiger partial charge in [0.2, 0.25) is 6.79 Å². The maximum atomic E-state index is 13.1. The molecule has 0 bridgehead atoms. The maximum absolute atomic E-state index is 13.1. The van der Waals surface area contributed by atoms with Crippen LogP contribution >= 0.6 is 0 Å². The van der Waals surface area contributed by atoms with E-state index in [9.17, 15) is 14.7 Å². The van der Waals surface area contributed by atoms with Crippen molar-refractivity contribution in [3.8, 4) is 17.2 Å². The molecule has 0 aromatic heterocycles. The molecule has 0 saturated carbocycles. The maximum Gasteiger partial charge on any atom is 0.411 e. The summed E-state index contributed by atoms with van der Waals surface area (Å²) in [6, 6.07) is 12.1. The zero-order valence-corrected chi connectivity index (χ0v) is 19.2. The first-order valence-corrected chi connectivity index (χ1v) is 11.1. The molecule has 182 valence electrons. The summed E-state index contributed by atoms with van der Waals surface area (Å²) in [6.45, 7) is 1.83. The fourth-order valence-electron chi connectivity index (χ4n) is 4.05. The average molecular weight is 472 g/mol. The fourth-order valence-corrected chi connectivity index (χ4v) is 4.05. The van der Waals surface area contributed by atoms with Crippen molar-refractivity contribution >= 4 is 17.7 Å². The van der Waals surface area contributed by atoms with Crippen LogP contribution in [0.3, 0.4) is 0 Å². The van der Waals surface area contributed by atoms with E-state index in [-0.39, 0.29) is 31.5 Å². The molecule has 1 saturated heterocycles. The summed E-state index contributed by atoms with van der Waals surface area (Å²) in [4.78, 5) is 28.5. The molecule has 10 heteroatoms. The number of carbonyl (C=O) groups is 2. The van der Waals surface area contributed by atoms with Crippen molar-refractivity contribution in [3.63, 3.8) is 0 Å². The Morgan fingerprint density at radius 3 is 2.82 bits per heavy atom. The molecule has 2 amide bonds. The largest absolute Gasteiger partial charge is 0.484 e. The lowest BCUT2D eigenvalue weighted by atomic mass is 10.0. The molecule has 2 aromatic carbocycles. The standard InChI is InChI=1S/C24H29N3O7/c1-26(23(29)14-32-19-6-7-21-22(11-19)34-15-33-21)20(13-27-9-8-18(28)12-27)16-4-3-5-17(10-16)25-24(30)31-2/h3-7,10-11,18,20,28H,8-9,12-15H2,1-2H3,(H,25,30)/t18-,20+/m0/s1. The van der Waals surface area contributed by atoms with Gasteiger partial charge in [0.05, 0.1) is 19.3 Å². The Labute approximate surface area is 197 Å². The second-order valence-corrected chi connectivity index (χ2v) is 8.27. The van der Waals surface area contributed by atoms with Crippen LogP contribution in [-0.4, -0.2) is 80.2 Å². The average Bonchev–Trinajstić information content (AvgIpc) is 3.48. The molecule has 2 aliphatic heterocycles. The number of fused-ring (bicyclic) bond motifs is 1. The van der Waals surface area contributed by atoms with Gasteiger partial charge in [0.1, 0.15) is 5.75 Å². The lowest BCUT2D eigenvalue weighted by Crippen LogP contribution is -2.41. The summed E-state index contributed by atoms with van der Waals surface area (Å²) in [5.41, 5.74) is 1.41. The topological polar surface area (TPSA) is 110 Å². The van der Waals surface area contributed by atoms with Gasteiger partial charge in [-0.05, 0) is 36.2 Å². The summed E-state index contributed by atoms with van der Waals surface area (Å²) in [7, 11) is 3.02. The summed E-state index contributed by atoms with van der Waals surface area (Å²) < 4.78 is 21.1. The van der Waals surface area contributed by atoms with E-state index in [1.54, 1.807) is 36.2 Å². The van der Waals surface area contributed by atoms with Crippen LogP contribution in [0, 0.1) is 0 Å². The van der Waals surface area contributed by atoms with Gasteiger partial charge in [-0.3, -0.25) is 15.0 Å². The molecule has 1 fully saturated rings. The van der Waals surface area contributed by atoms with Crippen molar-refractivity contribution in [2.45, 2.75) is 18.6 Å². The first kappa shape index (κ1) is 23.7. The van der Waals surface area contributed by atoms with Crippen molar-refractivity contribution < 1.29 is 33.6 Å². The Balaban J connectivity index is 1.47. The first-order chi connectivity index (χ1) is 16.4. The van der Waals surface area contributed by atoms with Crippen LogP contribution in [0.15, 0.2) is 42.5 Å². The number of hydrogen-bond acceptors (Lipinski definition) is 8. The summed E-state index contributed by atoms with van der Waals surface area (Å²) >= 11 is 0. The van der Waals surface area contributed by atoms with E-state index in [1.807, 2.05) is 18.2 Å². The molecular weight excluding hydrogens is 442 g/mol. The molecule has 0 radical (unpaired) electrons. The number of hydrogen-bond donors (Lipinski definition) is 2. The van der Waals surface area contributed by atoms with Gasteiger partial charge >= 0.3 is 6.09 Å². The third-order valence-corrected chi connectivity index (χ3v) is 5.95. The van der Waals surface area contributed by atoms with Crippen molar-refractivity contribution in [2.75, 3.05) is 52.5 Å². The highest BCUT2D eigenvalue weighted by atomic mass is 16.7. The SMILES string of the molecule is COC(=O)Nc1cccc([C@@H](CN2CC[C@H](O)C2)N(C)C(=O)COc2ccc3c(c2)OCO3)c1. The number of aliphatic hydroxyl groups is 1. The molecule has 34 heavy (non-hydrogen) atoms. The molecule has 4 rings (SSSR count). The van der Waals surface area contributed by atoms with Gasteiger partial charge in [0.15, 0.2) is 18.1 Å². The Bertz CT molecular complexity index is 1030. The number of benzene rings is 2. The van der Waals surface area contributed by atoms with E-state index < -0.39 is 6.09 Å². The number of β-amino-alcohol motifs (C(OH)–C–C–N with tert-alkyl or cyclic N) is 1. The van der Waals surface area contributed by atoms with Gasteiger partial charge in [0, 0.05) is 38.4 Å². The molecule has 0 unspecified atom stereocenters. The van der Waals surface area contributed by atoms with Crippen LogP contribution in [0.5, 0.6) is 17.2 Å². The van der Waals surface area contributed by atoms with Gasteiger partial charge in [-0.2, -0.15) is 0 Å². The molecule has 2 atom stereocenters. The third kappa shape index (κ3) is 5.70. The molecule has 2 aromatic rings. The Kier molecular flexibility index (Phi) is 7.39. The zero-order chi connectivity index (χ0) is 24.1. The molecule has 0 aliphatic carbocycles. The summed E-state index contributed by atoms with van der Waals surface area (Å²) in [6.07, 6.45) is -0.247.